The summed E-state index contributed by atoms with van der Waals surface area (Å²) in [7, 11) is 0. The van der Waals surface area contributed by atoms with Crippen LogP contribution in [0, 0.1) is 5.92 Å². The molecule has 1 rings (SSSR count). The van der Waals surface area contributed by atoms with Crippen LogP contribution in [0.2, 0.25) is 0 Å². The van der Waals surface area contributed by atoms with Crippen LogP contribution >= 0.6 is 0 Å². The largest absolute Gasteiger partial charge is 0.352 e. The molecule has 0 aliphatic rings. The summed E-state index contributed by atoms with van der Waals surface area (Å²) >= 11 is 0. The fraction of sp³-hybridized carbons (Fsp3) is 0.533. The molecule has 0 saturated heterocycles. The summed E-state index contributed by atoms with van der Waals surface area (Å²) in [6.07, 6.45) is 2.76. The zero-order chi connectivity index (χ0) is 13.4. The SMILES string of the molecule is CCc1ccccc1CNC(=O)C(C)CCCN. The molecule has 0 aliphatic carbocycles. The number of nitrogens with two attached hydrogens (primary N) is 1. The minimum absolute atomic E-state index is 0.0438. The zero-order valence-corrected chi connectivity index (χ0v) is 11.4. The van der Waals surface area contributed by atoms with Crippen LogP contribution in [0.15, 0.2) is 24.3 Å². The first-order chi connectivity index (χ1) is 8.69. The lowest BCUT2D eigenvalue weighted by atomic mass is 10.0. The Hall–Kier alpha value is -1.35. The van der Waals surface area contributed by atoms with Crippen LogP contribution < -0.4 is 11.1 Å². The Balaban J connectivity index is 2.46. The number of hydrogen-bond acceptors (Lipinski definition) is 2. The predicted octanol–water partition coefficient (Wildman–Crippen LogP) is 2.24. The lowest BCUT2D eigenvalue weighted by Gasteiger charge is -2.13. The fourth-order valence-corrected chi connectivity index (χ4v) is 1.99. The van der Waals surface area contributed by atoms with Gasteiger partial charge in [0.25, 0.3) is 0 Å². The van der Waals surface area contributed by atoms with E-state index in [1.807, 2.05) is 19.1 Å². The van der Waals surface area contributed by atoms with Gasteiger partial charge in [0.2, 0.25) is 5.91 Å². The Morgan fingerprint density at radius 1 is 1.33 bits per heavy atom. The standard InChI is InChI=1S/C15H24N2O/c1-3-13-8-4-5-9-14(13)11-17-15(18)12(2)7-6-10-16/h4-5,8-9,12H,3,6-7,10-11,16H2,1-2H3,(H,17,18). The second-order valence-electron chi connectivity index (χ2n) is 4.67. The van der Waals surface area contributed by atoms with Crippen molar-refractivity contribution < 1.29 is 4.79 Å². The third kappa shape index (κ3) is 4.49. The van der Waals surface area contributed by atoms with Gasteiger partial charge in [-0.2, -0.15) is 0 Å². The molecule has 3 N–H and O–H groups in total. The maximum Gasteiger partial charge on any atom is 0.223 e. The van der Waals surface area contributed by atoms with Gasteiger partial charge in [0.15, 0.2) is 0 Å². The molecule has 0 aliphatic heterocycles. The second-order valence-corrected chi connectivity index (χ2v) is 4.67. The number of benzene rings is 1. The van der Waals surface area contributed by atoms with Crippen molar-refractivity contribution in [3.05, 3.63) is 35.4 Å². The van der Waals surface area contributed by atoms with Crippen LogP contribution in [-0.4, -0.2) is 12.5 Å². The molecule has 0 aromatic heterocycles. The third-order valence-corrected chi connectivity index (χ3v) is 3.24. The van der Waals surface area contributed by atoms with E-state index in [4.69, 9.17) is 5.73 Å². The van der Waals surface area contributed by atoms with Crippen molar-refractivity contribution in [2.24, 2.45) is 11.7 Å². The topological polar surface area (TPSA) is 55.1 Å². The van der Waals surface area contributed by atoms with E-state index >= 15 is 0 Å². The Labute approximate surface area is 110 Å². The monoisotopic (exact) mass is 248 g/mol. The summed E-state index contributed by atoms with van der Waals surface area (Å²) in [5, 5.41) is 3.00. The number of amides is 1. The minimum Gasteiger partial charge on any atom is -0.352 e. The highest BCUT2D eigenvalue weighted by molar-refractivity contribution is 5.78. The van der Waals surface area contributed by atoms with E-state index in [9.17, 15) is 4.79 Å². The minimum atomic E-state index is 0.0438. The first-order valence-corrected chi connectivity index (χ1v) is 6.73. The molecule has 3 nitrogen and oxygen atoms in total. The van der Waals surface area contributed by atoms with Crippen LogP contribution in [0.4, 0.5) is 0 Å². The first-order valence-electron chi connectivity index (χ1n) is 6.73. The normalized spacial score (nSPS) is 12.2. The Bertz CT molecular complexity index is 377. The molecule has 1 aromatic rings. The number of rotatable bonds is 7. The number of aryl methyl sites for hydroxylation is 1. The van der Waals surface area contributed by atoms with E-state index in [0.29, 0.717) is 13.1 Å². The molecule has 0 radical (unpaired) electrons. The molecule has 3 heteroatoms. The molecule has 0 spiro atoms. The summed E-state index contributed by atoms with van der Waals surface area (Å²) in [6, 6.07) is 8.23. The molecule has 1 unspecified atom stereocenters. The lowest BCUT2D eigenvalue weighted by Crippen LogP contribution is -2.29. The van der Waals surface area contributed by atoms with Gasteiger partial charge in [-0.1, -0.05) is 38.1 Å². The molecule has 0 heterocycles. The molecule has 0 saturated carbocycles. The summed E-state index contributed by atoms with van der Waals surface area (Å²) in [6.45, 7) is 5.35. The van der Waals surface area contributed by atoms with Crippen molar-refractivity contribution in [3.8, 4) is 0 Å². The van der Waals surface area contributed by atoms with Crippen LogP contribution in [0.1, 0.15) is 37.8 Å². The number of nitrogens with one attached hydrogen (secondary N) is 1. The third-order valence-electron chi connectivity index (χ3n) is 3.24. The van der Waals surface area contributed by atoms with Crippen molar-refractivity contribution >= 4 is 5.91 Å². The van der Waals surface area contributed by atoms with Crippen molar-refractivity contribution in [1.29, 1.82) is 0 Å². The number of carbonyl (C=O) groups is 1. The van der Waals surface area contributed by atoms with Crippen molar-refractivity contribution in [2.45, 2.75) is 39.7 Å². The molecule has 1 amide bonds. The molecule has 1 aromatic carbocycles. The van der Waals surface area contributed by atoms with Gasteiger partial charge >= 0.3 is 0 Å². The molecule has 18 heavy (non-hydrogen) atoms. The molecule has 100 valence electrons. The van der Waals surface area contributed by atoms with E-state index in [0.717, 1.165) is 19.3 Å². The van der Waals surface area contributed by atoms with Crippen LogP contribution in [-0.2, 0) is 17.8 Å². The summed E-state index contributed by atoms with van der Waals surface area (Å²) < 4.78 is 0. The molecular formula is C15H24N2O. The van der Waals surface area contributed by atoms with Gasteiger partial charge in [0.1, 0.15) is 0 Å². The van der Waals surface area contributed by atoms with Gasteiger partial charge < -0.3 is 11.1 Å². The van der Waals surface area contributed by atoms with E-state index in [1.165, 1.54) is 11.1 Å². The Morgan fingerprint density at radius 3 is 2.61 bits per heavy atom. The summed E-state index contributed by atoms with van der Waals surface area (Å²) in [5.74, 6) is 0.164. The zero-order valence-electron chi connectivity index (χ0n) is 11.4. The van der Waals surface area contributed by atoms with Crippen molar-refractivity contribution in [1.82, 2.24) is 5.32 Å². The fourth-order valence-electron chi connectivity index (χ4n) is 1.99. The second kappa shape index (κ2) is 7.88. The predicted molar refractivity (Wildman–Crippen MR) is 75.1 cm³/mol. The molecule has 0 fully saturated rings. The Morgan fingerprint density at radius 2 is 2.00 bits per heavy atom. The lowest BCUT2D eigenvalue weighted by molar-refractivity contribution is -0.124. The Kier molecular flexibility index (Phi) is 6.44. The quantitative estimate of drug-likeness (QED) is 0.777. The highest BCUT2D eigenvalue weighted by atomic mass is 16.1. The van der Waals surface area contributed by atoms with E-state index in [-0.39, 0.29) is 11.8 Å². The van der Waals surface area contributed by atoms with Gasteiger partial charge in [-0.05, 0) is 36.9 Å². The summed E-state index contributed by atoms with van der Waals surface area (Å²) in [5.41, 5.74) is 7.95. The molecular weight excluding hydrogens is 224 g/mol. The van der Waals surface area contributed by atoms with Gasteiger partial charge in [-0.25, -0.2) is 0 Å². The molecule has 0 bridgehead atoms. The highest BCUT2D eigenvalue weighted by Gasteiger charge is 2.12. The van der Waals surface area contributed by atoms with Gasteiger partial charge in [0, 0.05) is 12.5 Å². The van der Waals surface area contributed by atoms with E-state index in [1.54, 1.807) is 0 Å². The van der Waals surface area contributed by atoms with Gasteiger partial charge in [-0.3, -0.25) is 4.79 Å². The van der Waals surface area contributed by atoms with E-state index in [2.05, 4.69) is 24.4 Å². The highest BCUT2D eigenvalue weighted by Crippen LogP contribution is 2.10. The maximum absolute atomic E-state index is 11.9. The summed E-state index contributed by atoms with van der Waals surface area (Å²) in [4.78, 5) is 11.9. The average Bonchev–Trinajstić information content (AvgIpc) is 2.42. The van der Waals surface area contributed by atoms with Crippen LogP contribution in [0.5, 0.6) is 0 Å². The maximum atomic E-state index is 11.9. The smallest absolute Gasteiger partial charge is 0.223 e. The van der Waals surface area contributed by atoms with E-state index < -0.39 is 0 Å². The van der Waals surface area contributed by atoms with Gasteiger partial charge in [0.05, 0.1) is 0 Å². The van der Waals surface area contributed by atoms with Crippen LogP contribution in [0.25, 0.3) is 0 Å². The van der Waals surface area contributed by atoms with Crippen LogP contribution in [0.3, 0.4) is 0 Å². The van der Waals surface area contributed by atoms with Crippen molar-refractivity contribution in [3.63, 3.8) is 0 Å². The molecule has 1 atom stereocenters. The van der Waals surface area contributed by atoms with Crippen molar-refractivity contribution in [2.75, 3.05) is 6.54 Å². The average molecular weight is 248 g/mol. The first kappa shape index (κ1) is 14.7. The number of hydrogen-bond donors (Lipinski definition) is 2. The van der Waals surface area contributed by atoms with Gasteiger partial charge in [-0.15, -0.1) is 0 Å². The number of carbonyl (C=O) groups excluding carboxylic acids is 1.